The largest absolute Gasteiger partial charge is 0.492 e. The van der Waals surface area contributed by atoms with Crippen LogP contribution in [0.4, 0.5) is 0 Å². The van der Waals surface area contributed by atoms with Crippen LogP contribution < -0.4 is 9.46 Å². The maximum absolute atomic E-state index is 12.8. The lowest BCUT2D eigenvalue weighted by molar-refractivity contribution is 0.219. The molecule has 6 nitrogen and oxygen atoms in total. The molecule has 1 saturated heterocycles. The second-order valence-corrected chi connectivity index (χ2v) is 9.26. The lowest BCUT2D eigenvalue weighted by Gasteiger charge is -2.24. The average molecular weight is 443 g/mol. The number of rotatable bonds is 7. The van der Waals surface area contributed by atoms with E-state index in [9.17, 15) is 13.4 Å². The smallest absolute Gasteiger partial charge is 0.376 e. The standard InChI is InChI=1S/C18H21BCl2N2O4S/c1-19(24)23-11-14(10-15(23)12-27-16-5-3-2-4-6-16)22-28(25,26)18-9-13(20)7-8-17(18)21/h2-9,14-15,22,24H,10-12H2,1H3/t14-,15-/m1/s1. The Morgan fingerprint density at radius 2 is 1.96 bits per heavy atom. The number of sulfonamides is 1. The van der Waals surface area contributed by atoms with Gasteiger partial charge in [0, 0.05) is 23.7 Å². The molecule has 150 valence electrons. The summed E-state index contributed by atoms with van der Waals surface area (Å²) in [4.78, 5) is 1.75. The SMILES string of the molecule is CB(O)N1C[C@H](NS(=O)(=O)c2cc(Cl)ccc2Cl)C[C@@H]1COc1ccccc1. The van der Waals surface area contributed by atoms with Crippen LogP contribution in [0.1, 0.15) is 6.42 Å². The van der Waals surface area contributed by atoms with Gasteiger partial charge in [-0.2, -0.15) is 0 Å². The molecule has 3 rings (SSSR count). The van der Waals surface area contributed by atoms with Crippen molar-refractivity contribution in [2.24, 2.45) is 0 Å². The van der Waals surface area contributed by atoms with Crippen LogP contribution in [0.5, 0.6) is 5.75 Å². The quantitative estimate of drug-likeness (QED) is 0.644. The van der Waals surface area contributed by atoms with E-state index >= 15 is 0 Å². The Balaban J connectivity index is 1.70. The zero-order chi connectivity index (χ0) is 20.3. The minimum Gasteiger partial charge on any atom is -0.492 e. The molecule has 0 radical (unpaired) electrons. The third-order valence-electron chi connectivity index (χ3n) is 4.63. The number of nitrogens with one attached hydrogen (secondary N) is 1. The van der Waals surface area contributed by atoms with Crippen molar-refractivity contribution in [1.82, 2.24) is 9.53 Å². The molecule has 2 aromatic carbocycles. The summed E-state index contributed by atoms with van der Waals surface area (Å²) in [6.45, 7) is 2.35. The molecule has 28 heavy (non-hydrogen) atoms. The molecule has 2 N–H and O–H groups in total. The topological polar surface area (TPSA) is 78.9 Å². The minimum absolute atomic E-state index is 0.0609. The van der Waals surface area contributed by atoms with Crippen LogP contribution in [-0.4, -0.2) is 50.5 Å². The zero-order valence-corrected chi connectivity index (χ0v) is 17.6. The molecule has 1 aliphatic rings. The van der Waals surface area contributed by atoms with E-state index in [4.69, 9.17) is 27.9 Å². The Kier molecular flexibility index (Phi) is 6.91. The second-order valence-electron chi connectivity index (χ2n) is 6.74. The monoisotopic (exact) mass is 442 g/mol. The molecule has 2 atom stereocenters. The van der Waals surface area contributed by atoms with Crippen molar-refractivity contribution in [2.45, 2.75) is 30.2 Å². The molecule has 0 bridgehead atoms. The predicted molar refractivity (Wildman–Crippen MR) is 111 cm³/mol. The maximum Gasteiger partial charge on any atom is 0.376 e. The van der Waals surface area contributed by atoms with Gasteiger partial charge in [0.15, 0.2) is 0 Å². The van der Waals surface area contributed by atoms with E-state index in [1.54, 1.807) is 6.82 Å². The first-order chi connectivity index (χ1) is 13.3. The summed E-state index contributed by atoms with van der Waals surface area (Å²) >= 11 is 12.0. The van der Waals surface area contributed by atoms with Crippen LogP contribution in [0.25, 0.3) is 0 Å². The maximum atomic E-state index is 12.8. The average Bonchev–Trinajstić information content (AvgIpc) is 3.05. The van der Waals surface area contributed by atoms with Crippen molar-refractivity contribution in [2.75, 3.05) is 13.2 Å². The fourth-order valence-corrected chi connectivity index (χ4v) is 5.33. The van der Waals surface area contributed by atoms with Crippen LogP contribution in [0.2, 0.25) is 16.9 Å². The summed E-state index contributed by atoms with van der Waals surface area (Å²) < 4.78 is 34.0. The highest BCUT2D eigenvalue weighted by Gasteiger charge is 2.38. The minimum atomic E-state index is -3.85. The van der Waals surface area contributed by atoms with Crippen LogP contribution in [0.3, 0.4) is 0 Å². The van der Waals surface area contributed by atoms with Gasteiger partial charge >= 0.3 is 7.05 Å². The first-order valence-corrected chi connectivity index (χ1v) is 11.1. The first kappa shape index (κ1) is 21.4. The summed E-state index contributed by atoms with van der Waals surface area (Å²) in [6, 6.07) is 13.1. The third-order valence-corrected chi connectivity index (χ3v) is 6.86. The van der Waals surface area contributed by atoms with Gasteiger partial charge in [-0.1, -0.05) is 41.4 Å². The van der Waals surface area contributed by atoms with Crippen LogP contribution in [0.15, 0.2) is 53.4 Å². The molecule has 0 saturated carbocycles. The number of halogens is 2. The number of hydrogen-bond donors (Lipinski definition) is 2. The van der Waals surface area contributed by atoms with Gasteiger partial charge in [-0.25, -0.2) is 13.1 Å². The van der Waals surface area contributed by atoms with Crippen molar-refractivity contribution in [3.63, 3.8) is 0 Å². The van der Waals surface area contributed by atoms with E-state index in [0.717, 1.165) is 5.75 Å². The second kappa shape index (κ2) is 9.03. The van der Waals surface area contributed by atoms with E-state index in [1.807, 2.05) is 35.1 Å². The lowest BCUT2D eigenvalue weighted by Crippen LogP contribution is -2.44. The van der Waals surface area contributed by atoms with Crippen molar-refractivity contribution in [1.29, 1.82) is 0 Å². The highest BCUT2D eigenvalue weighted by molar-refractivity contribution is 7.89. The van der Waals surface area contributed by atoms with Crippen molar-refractivity contribution >= 4 is 40.3 Å². The van der Waals surface area contributed by atoms with E-state index in [2.05, 4.69) is 4.72 Å². The number of hydrogen-bond acceptors (Lipinski definition) is 5. The molecule has 0 unspecified atom stereocenters. The van der Waals surface area contributed by atoms with Crippen molar-refractivity contribution < 1.29 is 18.2 Å². The molecule has 2 aromatic rings. The van der Waals surface area contributed by atoms with E-state index in [-0.39, 0.29) is 27.0 Å². The number of benzene rings is 2. The van der Waals surface area contributed by atoms with Crippen LogP contribution in [0, 0.1) is 0 Å². The Morgan fingerprint density at radius 3 is 2.64 bits per heavy atom. The van der Waals surface area contributed by atoms with Crippen LogP contribution >= 0.6 is 23.2 Å². The van der Waals surface area contributed by atoms with Gasteiger partial charge < -0.3 is 14.6 Å². The third kappa shape index (κ3) is 5.20. The molecule has 1 heterocycles. The molecular formula is C18H21BCl2N2O4S. The van der Waals surface area contributed by atoms with Crippen LogP contribution in [-0.2, 0) is 10.0 Å². The van der Waals surface area contributed by atoms with Crippen molar-refractivity contribution in [3.05, 3.63) is 58.6 Å². The summed E-state index contributed by atoms with van der Waals surface area (Å²) in [5.74, 6) is 0.725. The first-order valence-electron chi connectivity index (χ1n) is 8.85. The zero-order valence-electron chi connectivity index (χ0n) is 15.3. The molecule has 10 heteroatoms. The molecule has 0 aromatic heterocycles. The van der Waals surface area contributed by atoms with Gasteiger partial charge in [0.05, 0.1) is 5.02 Å². The molecular weight excluding hydrogens is 422 g/mol. The highest BCUT2D eigenvalue weighted by Crippen LogP contribution is 2.27. The van der Waals surface area contributed by atoms with Crippen molar-refractivity contribution in [3.8, 4) is 5.75 Å². The molecule has 0 aliphatic carbocycles. The Hall–Kier alpha value is -1.29. The summed E-state index contributed by atoms with van der Waals surface area (Å²) in [5, 5.41) is 10.5. The van der Waals surface area contributed by atoms with Gasteiger partial charge in [-0.3, -0.25) is 0 Å². The van der Waals surface area contributed by atoms with E-state index in [0.29, 0.717) is 19.6 Å². The number of ether oxygens (including phenoxy) is 1. The highest BCUT2D eigenvalue weighted by atomic mass is 35.5. The fourth-order valence-electron chi connectivity index (χ4n) is 3.32. The molecule has 0 amide bonds. The summed E-state index contributed by atoms with van der Waals surface area (Å²) in [5.41, 5.74) is 0. The normalized spacial score (nSPS) is 20.3. The summed E-state index contributed by atoms with van der Waals surface area (Å²) in [7, 11) is -4.58. The Bertz CT molecular complexity index is 915. The molecule has 1 fully saturated rings. The summed E-state index contributed by atoms with van der Waals surface area (Å²) in [6.07, 6.45) is 0.495. The van der Waals surface area contributed by atoms with Gasteiger partial charge in [0.2, 0.25) is 10.0 Å². The van der Waals surface area contributed by atoms with E-state index < -0.39 is 17.1 Å². The molecule has 1 aliphatic heterocycles. The number of para-hydroxylation sites is 1. The lowest BCUT2D eigenvalue weighted by atomic mass is 9.84. The Morgan fingerprint density at radius 1 is 1.25 bits per heavy atom. The predicted octanol–water partition coefficient (Wildman–Crippen LogP) is 2.90. The van der Waals surface area contributed by atoms with E-state index in [1.165, 1.54) is 18.2 Å². The molecule has 0 spiro atoms. The van der Waals surface area contributed by atoms with Gasteiger partial charge in [0.1, 0.15) is 17.3 Å². The van der Waals surface area contributed by atoms with Gasteiger partial charge in [-0.15, -0.1) is 0 Å². The Labute approximate surface area is 175 Å². The van der Waals surface area contributed by atoms with Gasteiger partial charge in [-0.05, 0) is 43.6 Å². The number of nitrogens with zero attached hydrogens (tertiary/aromatic N) is 1. The fraction of sp³-hybridized carbons (Fsp3) is 0.333. The van der Waals surface area contributed by atoms with Gasteiger partial charge in [0.25, 0.3) is 0 Å².